The third kappa shape index (κ3) is 1.01. The average Bonchev–Trinajstić information content (AvgIpc) is 1.93. The molecule has 0 aromatic heterocycles. The molecule has 0 radical (unpaired) electrons. The molecule has 2 nitrogen and oxygen atoms in total. The maximum absolute atomic E-state index is 9.21. The molecule has 2 heteroatoms. The van der Waals surface area contributed by atoms with Gasteiger partial charge in [0.1, 0.15) is 5.76 Å². The summed E-state index contributed by atoms with van der Waals surface area (Å²) in [7, 11) is 0. The summed E-state index contributed by atoms with van der Waals surface area (Å²) in [5.41, 5.74) is 0.774. The van der Waals surface area contributed by atoms with Crippen LogP contribution in [0.1, 0.15) is 20.3 Å². The van der Waals surface area contributed by atoms with Gasteiger partial charge in [-0.2, -0.15) is 0 Å². The van der Waals surface area contributed by atoms with Gasteiger partial charge in [-0.05, 0) is 18.9 Å². The molecule has 0 amide bonds. The molecule has 0 saturated heterocycles. The van der Waals surface area contributed by atoms with E-state index in [0.29, 0.717) is 0 Å². The summed E-state index contributed by atoms with van der Waals surface area (Å²) in [5, 5.41) is 18.4. The third-order valence-corrected chi connectivity index (χ3v) is 1.86. The summed E-state index contributed by atoms with van der Waals surface area (Å²) in [4.78, 5) is 0. The summed E-state index contributed by atoms with van der Waals surface area (Å²) in [6, 6.07) is 0. The zero-order valence-electron chi connectivity index (χ0n) is 6.26. The monoisotopic (exact) mass is 140 g/mol. The molecule has 0 bridgehead atoms. The lowest BCUT2D eigenvalue weighted by Gasteiger charge is -2.16. The molecule has 0 saturated carbocycles. The van der Waals surface area contributed by atoms with Crippen LogP contribution in [0.5, 0.6) is 0 Å². The average molecular weight is 140 g/mol. The van der Waals surface area contributed by atoms with Crippen molar-refractivity contribution in [2.45, 2.75) is 20.3 Å². The highest BCUT2D eigenvalue weighted by molar-refractivity contribution is 5.29. The number of aliphatic hydroxyl groups excluding tert-OH is 2. The van der Waals surface area contributed by atoms with Crippen LogP contribution in [0.25, 0.3) is 0 Å². The predicted octanol–water partition coefficient (Wildman–Crippen LogP) is 2.30. The number of aliphatic hydroxyl groups is 2. The number of hydrogen-bond donors (Lipinski definition) is 2. The topological polar surface area (TPSA) is 40.5 Å². The fourth-order valence-electron chi connectivity index (χ4n) is 0.997. The van der Waals surface area contributed by atoms with Gasteiger partial charge in [0, 0.05) is 5.92 Å². The standard InChI is InChI=1S/C8H12O2/c1-5-3-4-6(2)8(10)7(5)9/h3,6,9-10H,4H2,1-2H3. The van der Waals surface area contributed by atoms with Gasteiger partial charge < -0.3 is 10.2 Å². The summed E-state index contributed by atoms with van der Waals surface area (Å²) < 4.78 is 0. The fraction of sp³-hybridized carbons (Fsp3) is 0.500. The minimum Gasteiger partial charge on any atom is -0.508 e. The molecule has 1 unspecified atom stereocenters. The molecule has 0 aliphatic heterocycles. The maximum Gasteiger partial charge on any atom is 0.155 e. The van der Waals surface area contributed by atoms with E-state index in [1.165, 1.54) is 0 Å². The van der Waals surface area contributed by atoms with Crippen LogP contribution < -0.4 is 0 Å². The van der Waals surface area contributed by atoms with E-state index in [1.807, 2.05) is 13.0 Å². The first kappa shape index (κ1) is 7.19. The Kier molecular flexibility index (Phi) is 1.70. The van der Waals surface area contributed by atoms with Gasteiger partial charge >= 0.3 is 0 Å². The molecule has 1 aliphatic rings. The van der Waals surface area contributed by atoms with Crippen molar-refractivity contribution in [1.29, 1.82) is 0 Å². The van der Waals surface area contributed by atoms with Gasteiger partial charge in [-0.25, -0.2) is 0 Å². The van der Waals surface area contributed by atoms with Gasteiger partial charge in [-0.15, -0.1) is 0 Å². The second-order valence-corrected chi connectivity index (χ2v) is 2.76. The van der Waals surface area contributed by atoms with Crippen molar-refractivity contribution in [3.63, 3.8) is 0 Å². The van der Waals surface area contributed by atoms with Gasteiger partial charge in [0.05, 0.1) is 0 Å². The first-order valence-corrected chi connectivity index (χ1v) is 3.42. The van der Waals surface area contributed by atoms with Gasteiger partial charge in [0.15, 0.2) is 5.76 Å². The normalized spacial score (nSPS) is 26.6. The number of rotatable bonds is 0. The molecule has 0 fully saturated rings. The van der Waals surface area contributed by atoms with E-state index >= 15 is 0 Å². The lowest BCUT2D eigenvalue weighted by Crippen LogP contribution is -2.07. The molecule has 1 rings (SSSR count). The van der Waals surface area contributed by atoms with Crippen molar-refractivity contribution in [2.75, 3.05) is 0 Å². The molecule has 0 spiro atoms. The maximum atomic E-state index is 9.21. The van der Waals surface area contributed by atoms with Crippen molar-refractivity contribution in [2.24, 2.45) is 5.92 Å². The van der Waals surface area contributed by atoms with Crippen molar-refractivity contribution in [3.05, 3.63) is 23.2 Å². The minimum absolute atomic E-state index is 0.0544. The van der Waals surface area contributed by atoms with Crippen molar-refractivity contribution >= 4 is 0 Å². The molecule has 56 valence electrons. The van der Waals surface area contributed by atoms with Crippen LogP contribution in [0.4, 0.5) is 0 Å². The molecular weight excluding hydrogens is 128 g/mol. The van der Waals surface area contributed by atoms with Crippen LogP contribution in [-0.2, 0) is 0 Å². The molecule has 1 aliphatic carbocycles. The third-order valence-electron chi connectivity index (χ3n) is 1.86. The predicted molar refractivity (Wildman–Crippen MR) is 39.8 cm³/mol. The van der Waals surface area contributed by atoms with E-state index in [2.05, 4.69) is 0 Å². The lowest BCUT2D eigenvalue weighted by atomic mass is 9.96. The van der Waals surface area contributed by atoms with E-state index in [0.717, 1.165) is 12.0 Å². The first-order valence-electron chi connectivity index (χ1n) is 3.42. The molecular formula is C8H12O2. The Hall–Kier alpha value is -0.920. The number of hydrogen-bond acceptors (Lipinski definition) is 2. The van der Waals surface area contributed by atoms with Gasteiger partial charge in [-0.1, -0.05) is 13.0 Å². The van der Waals surface area contributed by atoms with E-state index in [1.54, 1.807) is 6.92 Å². The Morgan fingerprint density at radius 1 is 1.50 bits per heavy atom. The Morgan fingerprint density at radius 3 is 2.60 bits per heavy atom. The molecule has 0 aromatic carbocycles. The smallest absolute Gasteiger partial charge is 0.155 e. The van der Waals surface area contributed by atoms with Crippen molar-refractivity contribution in [3.8, 4) is 0 Å². The van der Waals surface area contributed by atoms with Gasteiger partial charge in [0.2, 0.25) is 0 Å². The zero-order chi connectivity index (χ0) is 7.72. The van der Waals surface area contributed by atoms with Crippen LogP contribution in [0.2, 0.25) is 0 Å². The molecule has 10 heavy (non-hydrogen) atoms. The van der Waals surface area contributed by atoms with Crippen LogP contribution >= 0.6 is 0 Å². The summed E-state index contributed by atoms with van der Waals surface area (Å²) >= 11 is 0. The van der Waals surface area contributed by atoms with E-state index in [-0.39, 0.29) is 17.4 Å². The second kappa shape index (κ2) is 2.37. The molecule has 1 atom stereocenters. The highest BCUT2D eigenvalue weighted by Crippen LogP contribution is 2.25. The second-order valence-electron chi connectivity index (χ2n) is 2.76. The van der Waals surface area contributed by atoms with Crippen molar-refractivity contribution < 1.29 is 10.2 Å². The summed E-state index contributed by atoms with van der Waals surface area (Å²) in [6.07, 6.45) is 2.75. The Morgan fingerprint density at radius 2 is 2.10 bits per heavy atom. The lowest BCUT2D eigenvalue weighted by molar-refractivity contribution is 0.280. The quantitative estimate of drug-likeness (QED) is 0.542. The largest absolute Gasteiger partial charge is 0.508 e. The van der Waals surface area contributed by atoms with Gasteiger partial charge in [-0.3, -0.25) is 0 Å². The molecule has 2 N–H and O–H groups in total. The zero-order valence-corrected chi connectivity index (χ0v) is 6.26. The summed E-state index contributed by atoms with van der Waals surface area (Å²) in [6.45, 7) is 3.67. The van der Waals surface area contributed by atoms with E-state index < -0.39 is 0 Å². The van der Waals surface area contributed by atoms with Crippen LogP contribution in [-0.4, -0.2) is 10.2 Å². The van der Waals surface area contributed by atoms with Crippen molar-refractivity contribution in [1.82, 2.24) is 0 Å². The molecule has 0 aromatic rings. The molecule has 0 heterocycles. The highest BCUT2D eigenvalue weighted by atomic mass is 16.3. The SMILES string of the molecule is CC1=CCC(C)C(O)=C1O. The summed E-state index contributed by atoms with van der Waals surface area (Å²) in [5.74, 6) is 0.252. The number of allylic oxidation sites excluding steroid dienone is 3. The Balaban J connectivity index is 2.94. The minimum atomic E-state index is 0.0544. The van der Waals surface area contributed by atoms with Crippen LogP contribution in [0, 0.1) is 5.92 Å². The Labute approximate surface area is 60.5 Å². The van der Waals surface area contributed by atoms with Crippen LogP contribution in [0.15, 0.2) is 23.2 Å². The van der Waals surface area contributed by atoms with E-state index in [9.17, 15) is 10.2 Å². The first-order chi connectivity index (χ1) is 4.63. The Bertz CT molecular complexity index is 201. The van der Waals surface area contributed by atoms with Crippen LogP contribution in [0.3, 0.4) is 0 Å². The highest BCUT2D eigenvalue weighted by Gasteiger charge is 2.17. The fourth-order valence-corrected chi connectivity index (χ4v) is 0.997. The van der Waals surface area contributed by atoms with E-state index in [4.69, 9.17) is 0 Å². The van der Waals surface area contributed by atoms with Gasteiger partial charge in [0.25, 0.3) is 0 Å².